The molecule has 1 aliphatic rings. The molecule has 2 aromatic carbocycles. The van der Waals surface area contributed by atoms with E-state index in [2.05, 4.69) is 74.5 Å². The van der Waals surface area contributed by atoms with Gasteiger partial charge in [0.15, 0.2) is 0 Å². The molecule has 3 atom stereocenters. The lowest BCUT2D eigenvalue weighted by Crippen LogP contribution is -2.33. The molecule has 1 saturated carbocycles. The van der Waals surface area contributed by atoms with Crippen LogP contribution in [0.25, 0.3) is 0 Å². The van der Waals surface area contributed by atoms with E-state index in [1.807, 2.05) is 0 Å². The lowest BCUT2D eigenvalue weighted by atomic mass is 9.76. The first-order valence-corrected chi connectivity index (χ1v) is 8.78. The first-order valence-electron chi connectivity index (χ1n) is 8.40. The van der Waals surface area contributed by atoms with Crippen molar-refractivity contribution in [1.29, 1.82) is 0 Å². The molecule has 3 rings (SSSR count). The van der Waals surface area contributed by atoms with Crippen molar-refractivity contribution in [3.05, 3.63) is 71.8 Å². The van der Waals surface area contributed by atoms with Gasteiger partial charge in [-0.2, -0.15) is 0 Å². The Balaban J connectivity index is 1.99. The Bertz CT molecular complexity index is 540. The van der Waals surface area contributed by atoms with Gasteiger partial charge in [0.25, 0.3) is 0 Å². The second-order valence-electron chi connectivity index (χ2n) is 7.03. The predicted molar refractivity (Wildman–Crippen MR) is 95.6 cm³/mol. The van der Waals surface area contributed by atoms with Crippen LogP contribution in [0.15, 0.2) is 60.7 Å². The van der Waals surface area contributed by atoms with Gasteiger partial charge >= 0.3 is 0 Å². The molecule has 1 aliphatic carbocycles. The first-order chi connectivity index (χ1) is 10.6. The Morgan fingerprint density at radius 2 is 1.27 bits per heavy atom. The van der Waals surface area contributed by atoms with Crippen LogP contribution in [0.5, 0.6) is 0 Å². The van der Waals surface area contributed by atoms with Crippen LogP contribution in [0.2, 0.25) is 0 Å². The average molecular weight is 313 g/mol. The number of benzene rings is 2. The second kappa shape index (κ2) is 6.46. The van der Waals surface area contributed by atoms with E-state index in [9.17, 15) is 0 Å². The smallest absolute Gasteiger partial charge is 0.0585 e. The summed E-state index contributed by atoms with van der Waals surface area (Å²) < 4.78 is 0. The van der Waals surface area contributed by atoms with Gasteiger partial charge in [0.2, 0.25) is 0 Å². The number of halogens is 1. The van der Waals surface area contributed by atoms with Crippen LogP contribution >= 0.6 is 11.6 Å². The van der Waals surface area contributed by atoms with E-state index in [1.165, 1.54) is 24.0 Å². The van der Waals surface area contributed by atoms with Crippen LogP contribution < -0.4 is 0 Å². The molecule has 2 aromatic rings. The van der Waals surface area contributed by atoms with Gasteiger partial charge < -0.3 is 0 Å². The van der Waals surface area contributed by atoms with Crippen LogP contribution in [0.3, 0.4) is 0 Å². The third-order valence-electron chi connectivity index (χ3n) is 5.03. The fourth-order valence-corrected chi connectivity index (χ4v) is 5.00. The van der Waals surface area contributed by atoms with E-state index in [-0.39, 0.29) is 4.87 Å². The third-order valence-corrected chi connectivity index (χ3v) is 5.71. The van der Waals surface area contributed by atoms with Crippen molar-refractivity contribution in [1.82, 2.24) is 0 Å². The number of hydrogen-bond donors (Lipinski definition) is 0. The van der Waals surface area contributed by atoms with Crippen molar-refractivity contribution in [2.24, 2.45) is 5.92 Å². The summed E-state index contributed by atoms with van der Waals surface area (Å²) in [5.74, 6) is 1.50. The molecule has 0 heterocycles. The summed E-state index contributed by atoms with van der Waals surface area (Å²) in [5.41, 5.74) is 2.80. The Labute approximate surface area is 139 Å². The molecule has 0 aliphatic heterocycles. The Kier molecular flexibility index (Phi) is 4.59. The topological polar surface area (TPSA) is 0 Å². The molecule has 0 aromatic heterocycles. The van der Waals surface area contributed by atoms with Crippen molar-refractivity contribution in [3.63, 3.8) is 0 Å². The molecule has 0 saturated heterocycles. The van der Waals surface area contributed by atoms with Gasteiger partial charge in [0, 0.05) is 11.8 Å². The Morgan fingerprint density at radius 1 is 0.864 bits per heavy atom. The molecule has 116 valence electrons. The highest BCUT2D eigenvalue weighted by Crippen LogP contribution is 2.57. The fraction of sp³-hybridized carbons (Fsp3) is 0.429. The summed E-state index contributed by atoms with van der Waals surface area (Å²) >= 11 is 7.37. The van der Waals surface area contributed by atoms with Gasteiger partial charge in [-0.1, -0.05) is 74.5 Å². The summed E-state index contributed by atoms with van der Waals surface area (Å²) in [6.07, 6.45) is 3.42. The maximum atomic E-state index is 7.37. The third kappa shape index (κ3) is 2.94. The minimum atomic E-state index is -0.170. The van der Waals surface area contributed by atoms with Gasteiger partial charge in [-0.05, 0) is 36.3 Å². The summed E-state index contributed by atoms with van der Waals surface area (Å²) in [5, 5.41) is 0. The van der Waals surface area contributed by atoms with E-state index in [0.717, 1.165) is 6.42 Å². The quantitative estimate of drug-likeness (QED) is 0.575. The van der Waals surface area contributed by atoms with Gasteiger partial charge in [-0.15, -0.1) is 11.6 Å². The summed E-state index contributed by atoms with van der Waals surface area (Å²) in [6.45, 7) is 4.57. The van der Waals surface area contributed by atoms with Crippen LogP contribution in [0.1, 0.15) is 56.1 Å². The molecule has 0 spiro atoms. The molecule has 22 heavy (non-hydrogen) atoms. The Hall–Kier alpha value is -1.27. The monoisotopic (exact) mass is 312 g/mol. The fourth-order valence-electron chi connectivity index (χ4n) is 4.22. The van der Waals surface area contributed by atoms with Crippen LogP contribution in [-0.2, 0) is 0 Å². The highest BCUT2D eigenvalue weighted by molar-refractivity contribution is 6.25. The van der Waals surface area contributed by atoms with E-state index in [1.54, 1.807) is 0 Å². The van der Waals surface area contributed by atoms with E-state index in [0.29, 0.717) is 17.8 Å². The lowest BCUT2D eigenvalue weighted by molar-refractivity contribution is 0.387. The highest BCUT2D eigenvalue weighted by atomic mass is 35.5. The Morgan fingerprint density at radius 3 is 1.64 bits per heavy atom. The minimum Gasteiger partial charge on any atom is -0.118 e. The van der Waals surface area contributed by atoms with Crippen molar-refractivity contribution in [2.75, 3.05) is 0 Å². The van der Waals surface area contributed by atoms with Gasteiger partial charge in [-0.25, -0.2) is 0 Å². The van der Waals surface area contributed by atoms with Gasteiger partial charge in [0.1, 0.15) is 0 Å². The van der Waals surface area contributed by atoms with E-state index in [4.69, 9.17) is 11.6 Å². The standard InChI is InChI=1S/C21H25Cl/c1-16(2)15-21(22)19(17-9-5-3-6-10-17)13-14-20(21)18-11-7-4-8-12-18/h3-12,16,19-20H,13-15H2,1-2H3/t19-,20+,21?. The van der Waals surface area contributed by atoms with Crippen LogP contribution in [-0.4, -0.2) is 4.87 Å². The number of alkyl halides is 1. The molecule has 0 N–H and O–H groups in total. The van der Waals surface area contributed by atoms with Crippen molar-refractivity contribution in [3.8, 4) is 0 Å². The summed E-state index contributed by atoms with van der Waals surface area (Å²) in [7, 11) is 0. The largest absolute Gasteiger partial charge is 0.118 e. The normalized spacial score (nSPS) is 28.2. The second-order valence-corrected chi connectivity index (χ2v) is 7.73. The summed E-state index contributed by atoms with van der Waals surface area (Å²) in [6, 6.07) is 21.7. The maximum absolute atomic E-state index is 7.37. The van der Waals surface area contributed by atoms with Crippen molar-refractivity contribution < 1.29 is 0 Å². The molecule has 0 bridgehead atoms. The minimum absolute atomic E-state index is 0.170. The van der Waals surface area contributed by atoms with Crippen LogP contribution in [0, 0.1) is 5.92 Å². The van der Waals surface area contributed by atoms with E-state index >= 15 is 0 Å². The van der Waals surface area contributed by atoms with Gasteiger partial charge in [0.05, 0.1) is 4.87 Å². The van der Waals surface area contributed by atoms with Crippen molar-refractivity contribution >= 4 is 11.6 Å². The molecule has 1 unspecified atom stereocenters. The van der Waals surface area contributed by atoms with Gasteiger partial charge in [-0.3, -0.25) is 0 Å². The lowest BCUT2D eigenvalue weighted by Gasteiger charge is -2.37. The number of rotatable bonds is 4. The van der Waals surface area contributed by atoms with E-state index < -0.39 is 0 Å². The summed E-state index contributed by atoms with van der Waals surface area (Å²) in [4.78, 5) is -0.170. The molecular weight excluding hydrogens is 288 g/mol. The zero-order valence-electron chi connectivity index (χ0n) is 13.5. The molecule has 1 fully saturated rings. The number of hydrogen-bond acceptors (Lipinski definition) is 0. The average Bonchev–Trinajstić information content (AvgIpc) is 2.85. The maximum Gasteiger partial charge on any atom is 0.0585 e. The zero-order chi connectivity index (χ0) is 15.6. The van der Waals surface area contributed by atoms with Crippen molar-refractivity contribution in [2.45, 2.75) is 49.8 Å². The zero-order valence-corrected chi connectivity index (χ0v) is 14.3. The highest BCUT2D eigenvalue weighted by Gasteiger charge is 2.49. The molecule has 0 radical (unpaired) electrons. The SMILES string of the molecule is CC(C)CC1(Cl)[C@@H](c2ccccc2)CC[C@H]1c1ccccc1. The molecule has 0 amide bonds. The predicted octanol–water partition coefficient (Wildman–Crippen LogP) is 6.37. The first kappa shape index (κ1) is 15.6. The molecular formula is C21H25Cl. The van der Waals surface area contributed by atoms with Crippen LogP contribution in [0.4, 0.5) is 0 Å². The molecule has 1 heteroatoms. The molecule has 0 nitrogen and oxygen atoms in total.